The van der Waals surface area contributed by atoms with Crippen molar-refractivity contribution in [3.8, 4) is 0 Å². The lowest BCUT2D eigenvalue weighted by Gasteiger charge is -2.36. The van der Waals surface area contributed by atoms with Crippen LogP contribution in [0.5, 0.6) is 0 Å². The smallest absolute Gasteiger partial charge is 0.171 e. The van der Waals surface area contributed by atoms with Gasteiger partial charge in [0.1, 0.15) is 0 Å². The molecule has 0 aliphatic heterocycles. The maximum absolute atomic E-state index is 13.3. The SMILES string of the molecule is CC(C)(C)Cc1cccc(CC(C)(C)C)c1C(C)(C)C.CC(C)(C)c1c(CC(C)(C)C(F)(F)F)cccc1CC(C)(C)C(F)(F)F.CC(C)(C)c1cccc(C(C)(C)C)c1C(C)(C)C.CC(C)Cc1cccc(CC(C)C)c1C(C)(C)C.CC(C)c1cc(C(C)C)c(C(C)(C)C)c(C(C)C)c1.CC(C)c1cccc(C(C)C)c1C(C)(C)C.CCC(C)(C)C. The van der Waals surface area contributed by atoms with E-state index in [-0.39, 0.29) is 50.7 Å². The van der Waals surface area contributed by atoms with Gasteiger partial charge in [-0.2, -0.15) is 26.3 Å². The molecule has 0 spiro atoms. The summed E-state index contributed by atoms with van der Waals surface area (Å²) in [5, 5.41) is 0. The predicted octanol–water partition coefficient (Wildman–Crippen LogP) is 38.4. The van der Waals surface area contributed by atoms with E-state index in [0.29, 0.717) is 62.5 Å². The van der Waals surface area contributed by atoms with Crippen LogP contribution in [0.4, 0.5) is 26.3 Å². The van der Waals surface area contributed by atoms with Crippen LogP contribution in [0.25, 0.3) is 0 Å². The van der Waals surface area contributed by atoms with Gasteiger partial charge in [0.2, 0.25) is 0 Å². The van der Waals surface area contributed by atoms with Crippen molar-refractivity contribution < 1.29 is 26.3 Å². The quantitative estimate of drug-likeness (QED) is 0.0899. The molecule has 0 unspecified atom stereocenters. The van der Waals surface area contributed by atoms with Crippen molar-refractivity contribution in [2.24, 2.45) is 38.9 Å². The zero-order chi connectivity index (χ0) is 97.5. The van der Waals surface area contributed by atoms with Crippen LogP contribution in [0.15, 0.2) is 103 Å². The highest BCUT2D eigenvalue weighted by Crippen LogP contribution is 2.48. The third-order valence-corrected chi connectivity index (χ3v) is 23.0. The topological polar surface area (TPSA) is 0 Å². The summed E-state index contributed by atoms with van der Waals surface area (Å²) in [4.78, 5) is 0. The molecule has 6 rings (SSSR count). The van der Waals surface area contributed by atoms with Gasteiger partial charge in [0.15, 0.2) is 0 Å². The van der Waals surface area contributed by atoms with Gasteiger partial charge in [-0.25, -0.2) is 0 Å². The van der Waals surface area contributed by atoms with Gasteiger partial charge >= 0.3 is 12.4 Å². The van der Waals surface area contributed by atoms with Crippen molar-refractivity contribution in [2.75, 3.05) is 0 Å². The van der Waals surface area contributed by atoms with E-state index in [2.05, 4.69) is 396 Å². The Bertz CT molecular complexity index is 3940. The van der Waals surface area contributed by atoms with Crippen molar-refractivity contribution in [3.05, 3.63) is 209 Å². The molecule has 0 N–H and O–H groups in total. The van der Waals surface area contributed by atoms with Gasteiger partial charge < -0.3 is 0 Å². The second kappa shape index (κ2) is 45.0. The molecule has 0 fully saturated rings. The number of rotatable bonds is 15. The Kier molecular flexibility index (Phi) is 43.1. The van der Waals surface area contributed by atoms with Crippen LogP contribution in [0.3, 0.4) is 0 Å². The van der Waals surface area contributed by atoms with Crippen LogP contribution in [0.1, 0.15) is 502 Å². The molecule has 6 heteroatoms. The van der Waals surface area contributed by atoms with Crippen LogP contribution in [0.2, 0.25) is 0 Å². The second-order valence-electron chi connectivity index (χ2n) is 51.9. The number of benzene rings is 6. The lowest BCUT2D eigenvalue weighted by Crippen LogP contribution is -2.36. The molecule has 0 aliphatic rings. The van der Waals surface area contributed by atoms with Gasteiger partial charge in [0, 0.05) is 0 Å². The first-order chi connectivity index (χ1) is 54.5. The summed E-state index contributed by atoms with van der Waals surface area (Å²) in [7, 11) is 0. The normalized spacial score (nSPS) is 13.4. The van der Waals surface area contributed by atoms with E-state index in [0.717, 1.165) is 52.4 Å². The van der Waals surface area contributed by atoms with E-state index >= 15 is 0 Å². The summed E-state index contributed by atoms with van der Waals surface area (Å²) < 4.78 is 80.0. The van der Waals surface area contributed by atoms with Gasteiger partial charge in [-0.15, -0.1) is 0 Å². The fourth-order valence-electron chi connectivity index (χ4n) is 16.8. The highest BCUT2D eigenvalue weighted by molar-refractivity contribution is 5.50. The number of hydrogen-bond acceptors (Lipinski definition) is 0. The van der Waals surface area contributed by atoms with Crippen molar-refractivity contribution in [1.29, 1.82) is 0 Å². The Morgan fingerprint density at radius 1 is 0.228 bits per heavy atom. The van der Waals surface area contributed by atoms with Gasteiger partial charge in [-0.05, 0) is 245 Å². The summed E-state index contributed by atoms with van der Waals surface area (Å²) >= 11 is 0. The minimum atomic E-state index is -4.40. The van der Waals surface area contributed by atoms with E-state index < -0.39 is 28.6 Å². The molecule has 0 saturated carbocycles. The van der Waals surface area contributed by atoms with Crippen molar-refractivity contribution in [1.82, 2.24) is 0 Å². The number of hydrogen-bond donors (Lipinski definition) is 0. The molecule has 0 heterocycles. The molecular formula is C117H194F6. The lowest BCUT2D eigenvalue weighted by atomic mass is 9.69. The Labute approximate surface area is 759 Å². The molecule has 0 radical (unpaired) electrons. The molecule has 0 saturated heterocycles. The average molecular weight is 1710 g/mol. The molecule has 0 aliphatic carbocycles. The van der Waals surface area contributed by atoms with E-state index in [9.17, 15) is 26.3 Å². The zero-order valence-electron chi connectivity index (χ0n) is 90.1. The predicted molar refractivity (Wildman–Crippen MR) is 539 cm³/mol. The highest BCUT2D eigenvalue weighted by atomic mass is 19.4. The second-order valence-corrected chi connectivity index (χ2v) is 51.9. The first-order valence-electron chi connectivity index (χ1n) is 47.4. The maximum atomic E-state index is 13.3. The fourth-order valence-corrected chi connectivity index (χ4v) is 16.8. The molecular weight excluding hydrogens is 1520 g/mol. The van der Waals surface area contributed by atoms with Crippen molar-refractivity contribution in [2.45, 2.75) is 490 Å². The van der Waals surface area contributed by atoms with Gasteiger partial charge in [-0.3, -0.25) is 0 Å². The van der Waals surface area contributed by atoms with Crippen molar-refractivity contribution >= 4 is 0 Å². The molecule has 0 nitrogen and oxygen atoms in total. The molecule has 704 valence electrons. The minimum absolute atomic E-state index is 0.187. The van der Waals surface area contributed by atoms with E-state index in [4.69, 9.17) is 0 Å². The Hall–Kier alpha value is -5.10. The van der Waals surface area contributed by atoms with E-state index in [1.54, 1.807) is 62.7 Å². The summed E-state index contributed by atoms with van der Waals surface area (Å²) in [6, 6.07) is 37.0. The van der Waals surface area contributed by atoms with Gasteiger partial charge in [-0.1, -0.05) is 470 Å². The van der Waals surface area contributed by atoms with Crippen LogP contribution in [0, 0.1) is 38.9 Å². The van der Waals surface area contributed by atoms with Crippen molar-refractivity contribution in [3.63, 3.8) is 0 Å². The highest BCUT2D eigenvalue weighted by Gasteiger charge is 2.50. The van der Waals surface area contributed by atoms with Crippen LogP contribution in [-0.4, -0.2) is 12.4 Å². The Morgan fingerprint density at radius 3 is 0.634 bits per heavy atom. The molecule has 0 atom stereocenters. The average Bonchev–Trinajstić information content (AvgIpc) is 0.780. The summed E-state index contributed by atoms with van der Waals surface area (Å²) in [6.07, 6.45) is -3.39. The summed E-state index contributed by atoms with van der Waals surface area (Å²) in [5.74, 6) is 4.43. The fraction of sp³-hybridized carbons (Fsp3) is 0.692. The minimum Gasteiger partial charge on any atom is -0.171 e. The van der Waals surface area contributed by atoms with E-state index in [1.807, 2.05) is 20.8 Å². The van der Waals surface area contributed by atoms with Crippen LogP contribution >= 0.6 is 0 Å². The standard InChI is InChI=1S/C20H28F6.C20H34.C19H32.2C18H30.C16H26.C6H14/c1-16(2,3)15-13(11-17(4,5)19(21,22)23)9-8-10-14(15)12-18(6,7)20(24,25)26;1-18(2,3)13-15-11-10-12-16(14-19(4,5)6)17(15)20(7,8)9;1-12(2)15-10-16(13(3)4)18(19(7,8)9)17(11-15)14(5)6;1-16(2,3)13-11-10-12-14(17(4,5)6)15(13)18(7,8)9;1-13(2)11-15-9-8-10-16(12-14(3)4)17(15)18(5,6)7;1-11(2)13-9-8-10-14(12(3)4)15(13)16(5,6)7;1-5-6(2,3)4/h8-10H,11-12H2,1-7H3;10-12H,13-14H2,1-9H3;10-14H,1-9H3;10-12H,1-9H3;8-10,13-14H,11-12H2,1-7H3;8-12H,1-7H3;5H2,1-4H3. The Morgan fingerprint density at radius 2 is 0.439 bits per heavy atom. The Balaban J connectivity index is 0.00000144. The first-order valence-corrected chi connectivity index (χ1v) is 47.4. The van der Waals surface area contributed by atoms with Gasteiger partial charge in [0.05, 0.1) is 10.8 Å². The number of alkyl halides is 6. The maximum Gasteiger partial charge on any atom is 0.394 e. The molecule has 0 bridgehead atoms. The molecule has 0 aromatic heterocycles. The van der Waals surface area contributed by atoms with E-state index in [1.165, 1.54) is 63.8 Å². The zero-order valence-corrected chi connectivity index (χ0v) is 90.1. The molecule has 123 heavy (non-hydrogen) atoms. The monoisotopic (exact) mass is 1710 g/mol. The summed E-state index contributed by atoms with van der Waals surface area (Å²) in [6.45, 7) is 114. The van der Waals surface area contributed by atoms with Crippen LogP contribution < -0.4 is 0 Å². The van der Waals surface area contributed by atoms with Gasteiger partial charge in [0.25, 0.3) is 0 Å². The lowest BCUT2D eigenvalue weighted by molar-refractivity contribution is -0.211. The van der Waals surface area contributed by atoms with Crippen LogP contribution in [-0.2, 0) is 81.8 Å². The third-order valence-electron chi connectivity index (χ3n) is 23.0. The molecule has 6 aromatic carbocycles. The molecule has 6 aromatic rings. The first kappa shape index (κ1) is 118. The summed E-state index contributed by atoms with van der Waals surface area (Å²) in [5.41, 5.74) is 24.3. The molecule has 0 amide bonds. The largest absolute Gasteiger partial charge is 0.394 e. The number of halogens is 6. The third kappa shape index (κ3) is 39.4.